The van der Waals surface area contributed by atoms with Gasteiger partial charge < -0.3 is 15.0 Å². The summed E-state index contributed by atoms with van der Waals surface area (Å²) in [5.74, 6) is -1.05. The molecular formula is C28H33ClN2O4. The molecule has 0 fully saturated rings. The summed E-state index contributed by atoms with van der Waals surface area (Å²) < 4.78 is 1.83. The molecule has 0 radical (unpaired) electrons. The molecule has 0 saturated carbocycles. The molecular weight excluding hydrogens is 464 g/mol. The molecule has 3 rings (SSSR count). The van der Waals surface area contributed by atoms with Crippen molar-refractivity contribution in [2.75, 3.05) is 6.54 Å². The van der Waals surface area contributed by atoms with Gasteiger partial charge in [-0.15, -0.1) is 0 Å². The van der Waals surface area contributed by atoms with E-state index >= 15 is 0 Å². The van der Waals surface area contributed by atoms with Crippen molar-refractivity contribution in [2.45, 2.75) is 40.7 Å². The quantitative estimate of drug-likeness (QED) is 0.298. The van der Waals surface area contributed by atoms with E-state index in [1.165, 1.54) is 12.0 Å². The fourth-order valence-corrected chi connectivity index (χ4v) is 3.10. The van der Waals surface area contributed by atoms with Gasteiger partial charge in [-0.25, -0.2) is 0 Å². The van der Waals surface area contributed by atoms with E-state index in [0.717, 1.165) is 11.1 Å². The number of carboxylic acid groups (broad SMARTS) is 1. The Kier molecular flexibility index (Phi) is 13.5. The van der Waals surface area contributed by atoms with Crippen LogP contribution in [0.1, 0.15) is 53.0 Å². The average Bonchev–Trinajstić information content (AvgIpc) is 3.19. The van der Waals surface area contributed by atoms with E-state index in [2.05, 4.69) is 39.0 Å². The molecule has 7 heteroatoms. The maximum absolute atomic E-state index is 12.8. The van der Waals surface area contributed by atoms with Crippen LogP contribution < -0.4 is 5.32 Å². The Balaban J connectivity index is 0.000000521. The number of hydrogen-bond donors (Lipinski definition) is 2. The van der Waals surface area contributed by atoms with Crippen LogP contribution >= 0.6 is 11.6 Å². The molecule has 1 heterocycles. The molecule has 35 heavy (non-hydrogen) atoms. The van der Waals surface area contributed by atoms with Crippen molar-refractivity contribution in [3.63, 3.8) is 0 Å². The minimum Gasteiger partial charge on any atom is -0.480 e. The molecule has 3 aromatic rings. The van der Waals surface area contributed by atoms with Crippen LogP contribution in [-0.2, 0) is 16.1 Å². The van der Waals surface area contributed by atoms with Gasteiger partial charge in [-0.3, -0.25) is 14.4 Å². The number of amides is 1. The molecule has 0 bridgehead atoms. The number of rotatable bonds is 8. The van der Waals surface area contributed by atoms with Crippen LogP contribution in [-0.4, -0.2) is 34.4 Å². The van der Waals surface area contributed by atoms with Crippen LogP contribution in [0.4, 0.5) is 0 Å². The lowest BCUT2D eigenvalue weighted by molar-refractivity contribution is -0.136. The van der Waals surface area contributed by atoms with Crippen molar-refractivity contribution in [1.82, 2.24) is 9.88 Å². The molecule has 2 aromatic carbocycles. The van der Waals surface area contributed by atoms with E-state index in [-0.39, 0.29) is 12.3 Å². The van der Waals surface area contributed by atoms with Crippen molar-refractivity contribution in [3.05, 3.63) is 99.8 Å². The van der Waals surface area contributed by atoms with Crippen molar-refractivity contribution in [1.29, 1.82) is 0 Å². The molecule has 1 aromatic heterocycles. The highest BCUT2D eigenvalue weighted by molar-refractivity contribution is 6.30. The molecule has 0 aliphatic rings. The zero-order valence-electron chi connectivity index (χ0n) is 20.6. The van der Waals surface area contributed by atoms with E-state index in [0.29, 0.717) is 29.4 Å². The summed E-state index contributed by atoms with van der Waals surface area (Å²) in [7, 11) is 0. The van der Waals surface area contributed by atoms with Gasteiger partial charge in [0.05, 0.1) is 5.69 Å². The first-order valence-corrected chi connectivity index (χ1v) is 11.7. The summed E-state index contributed by atoms with van der Waals surface area (Å²) in [4.78, 5) is 31.6. The first-order valence-electron chi connectivity index (χ1n) is 11.3. The highest BCUT2D eigenvalue weighted by Crippen LogP contribution is 2.19. The molecule has 0 spiro atoms. The SMILES string of the molecule is CCC.Cc1ccc(C(=O)c2ccc(Cl)n2C/C=C/c2cccc(C)c2)cc1.O=CNCC(=O)O. The third-order valence-corrected chi connectivity index (χ3v) is 4.78. The normalized spacial score (nSPS) is 9.97. The Morgan fingerprint density at radius 2 is 1.66 bits per heavy atom. The van der Waals surface area contributed by atoms with Gasteiger partial charge in [0.2, 0.25) is 12.2 Å². The molecule has 0 aliphatic carbocycles. The van der Waals surface area contributed by atoms with Crippen molar-refractivity contribution in [2.24, 2.45) is 0 Å². The molecule has 0 aliphatic heterocycles. The standard InChI is InChI=1S/C22H20ClNO.C3H5NO3.C3H8/c1-16-8-10-19(11-9-16)22(25)20-12-13-21(23)24(20)14-4-7-18-6-3-5-17(2)15-18;5-2-4-1-3(6)7;1-3-2/h3-13,15H,14H2,1-2H3;2H,1H2,(H,4,5)(H,6,7);3H2,1-2H3/b7-4+;;. The fourth-order valence-electron chi connectivity index (χ4n) is 2.88. The maximum atomic E-state index is 12.8. The summed E-state index contributed by atoms with van der Waals surface area (Å²) >= 11 is 6.29. The van der Waals surface area contributed by atoms with Gasteiger partial charge in [0.1, 0.15) is 11.7 Å². The van der Waals surface area contributed by atoms with Gasteiger partial charge >= 0.3 is 5.97 Å². The number of nitrogens with zero attached hydrogens (tertiary/aromatic N) is 1. The number of ketones is 1. The van der Waals surface area contributed by atoms with Gasteiger partial charge in [0.15, 0.2) is 0 Å². The highest BCUT2D eigenvalue weighted by Gasteiger charge is 2.15. The van der Waals surface area contributed by atoms with E-state index in [1.54, 1.807) is 12.1 Å². The number of nitrogens with one attached hydrogen (secondary N) is 1. The van der Waals surface area contributed by atoms with Crippen LogP contribution in [0.2, 0.25) is 5.15 Å². The summed E-state index contributed by atoms with van der Waals surface area (Å²) in [6.45, 7) is 8.57. The largest absolute Gasteiger partial charge is 0.480 e. The summed E-state index contributed by atoms with van der Waals surface area (Å²) in [5, 5.41) is 10.4. The summed E-state index contributed by atoms with van der Waals surface area (Å²) in [5.41, 5.74) is 4.75. The smallest absolute Gasteiger partial charge is 0.322 e. The minimum atomic E-state index is -1.04. The second-order valence-corrected chi connectivity index (χ2v) is 8.15. The van der Waals surface area contributed by atoms with E-state index < -0.39 is 5.97 Å². The number of aromatic nitrogens is 1. The topological polar surface area (TPSA) is 88.4 Å². The van der Waals surface area contributed by atoms with E-state index in [4.69, 9.17) is 16.7 Å². The second-order valence-electron chi connectivity index (χ2n) is 7.76. The minimum absolute atomic E-state index is 0.0177. The summed E-state index contributed by atoms with van der Waals surface area (Å²) in [6.07, 6.45) is 5.66. The highest BCUT2D eigenvalue weighted by atomic mass is 35.5. The molecule has 0 atom stereocenters. The number of allylic oxidation sites excluding steroid dienone is 1. The lowest BCUT2D eigenvalue weighted by Gasteiger charge is -2.08. The maximum Gasteiger partial charge on any atom is 0.322 e. The van der Waals surface area contributed by atoms with Gasteiger partial charge in [-0.05, 0) is 31.5 Å². The third-order valence-electron chi connectivity index (χ3n) is 4.45. The van der Waals surface area contributed by atoms with Crippen molar-refractivity contribution in [3.8, 4) is 0 Å². The molecule has 1 amide bonds. The first kappa shape index (κ1) is 29.4. The van der Waals surface area contributed by atoms with Gasteiger partial charge in [0, 0.05) is 12.1 Å². The average molecular weight is 497 g/mol. The number of halogens is 1. The van der Waals surface area contributed by atoms with Gasteiger partial charge in [-0.1, -0.05) is 104 Å². The van der Waals surface area contributed by atoms with Crippen molar-refractivity contribution >= 4 is 35.8 Å². The Morgan fingerprint density at radius 3 is 2.20 bits per heavy atom. The number of aryl methyl sites for hydroxylation is 2. The van der Waals surface area contributed by atoms with Gasteiger partial charge in [-0.2, -0.15) is 0 Å². The number of carbonyl (C=O) groups excluding carboxylic acids is 2. The molecule has 0 saturated heterocycles. The van der Waals surface area contributed by atoms with E-state index in [1.807, 2.05) is 59.3 Å². The number of carboxylic acids is 1. The van der Waals surface area contributed by atoms with Crippen LogP contribution in [0.15, 0.2) is 66.7 Å². The third kappa shape index (κ3) is 10.9. The van der Waals surface area contributed by atoms with Crippen molar-refractivity contribution < 1.29 is 19.5 Å². The van der Waals surface area contributed by atoms with Crippen LogP contribution in [0.3, 0.4) is 0 Å². The Morgan fingerprint density at radius 1 is 1.00 bits per heavy atom. The zero-order valence-corrected chi connectivity index (χ0v) is 21.4. The Labute approximate surface area is 212 Å². The molecule has 0 unspecified atom stereocenters. The molecule has 186 valence electrons. The number of hydrogen-bond acceptors (Lipinski definition) is 3. The predicted molar refractivity (Wildman–Crippen MR) is 142 cm³/mol. The lowest BCUT2D eigenvalue weighted by Crippen LogP contribution is -2.20. The Bertz CT molecular complexity index is 1120. The molecule has 6 nitrogen and oxygen atoms in total. The van der Waals surface area contributed by atoms with Crippen LogP contribution in [0.5, 0.6) is 0 Å². The monoisotopic (exact) mass is 496 g/mol. The number of aliphatic carboxylic acids is 1. The first-order chi connectivity index (χ1) is 16.7. The lowest BCUT2D eigenvalue weighted by atomic mass is 10.1. The molecule has 2 N–H and O–H groups in total. The zero-order chi connectivity index (χ0) is 26.2. The second kappa shape index (κ2) is 16.1. The number of carbonyl (C=O) groups is 3. The fraction of sp³-hybridized carbons (Fsp3) is 0.250. The predicted octanol–water partition coefficient (Wildman–Crippen LogP) is 5.94. The summed E-state index contributed by atoms with van der Waals surface area (Å²) in [6, 6.07) is 19.4. The van der Waals surface area contributed by atoms with Crippen LogP contribution in [0.25, 0.3) is 6.08 Å². The van der Waals surface area contributed by atoms with Gasteiger partial charge in [0.25, 0.3) is 0 Å². The van der Waals surface area contributed by atoms with Crippen LogP contribution in [0, 0.1) is 13.8 Å². The Hall–Kier alpha value is -3.64. The number of benzene rings is 2. The van der Waals surface area contributed by atoms with E-state index in [9.17, 15) is 14.4 Å².